The van der Waals surface area contributed by atoms with Crippen LogP contribution in [0.2, 0.25) is 0 Å². The third kappa shape index (κ3) is 3.28. The summed E-state index contributed by atoms with van der Waals surface area (Å²) in [5.41, 5.74) is 13.9. The zero-order chi connectivity index (χ0) is 19.0. The number of carbonyl (C=O) groups excluding carboxylic acids is 1. The van der Waals surface area contributed by atoms with Crippen molar-refractivity contribution in [3.05, 3.63) is 40.0 Å². The molecule has 0 fully saturated rings. The third-order valence-corrected chi connectivity index (χ3v) is 5.89. The number of anilines is 2. The van der Waals surface area contributed by atoms with E-state index < -0.39 is 5.97 Å². The Balaban J connectivity index is 1.54. The highest BCUT2D eigenvalue weighted by atomic mass is 32.1. The number of thiophene rings is 1. The van der Waals surface area contributed by atoms with Crippen molar-refractivity contribution in [3.8, 4) is 5.75 Å². The number of nitrogens with two attached hydrogens (primary N) is 2. The maximum absolute atomic E-state index is 12.3. The summed E-state index contributed by atoms with van der Waals surface area (Å²) in [6.07, 6.45) is 4.45. The molecule has 0 unspecified atom stereocenters. The Morgan fingerprint density at radius 2 is 2.04 bits per heavy atom. The Morgan fingerprint density at radius 3 is 2.81 bits per heavy atom. The van der Waals surface area contributed by atoms with Gasteiger partial charge in [-0.2, -0.15) is 0 Å². The first-order chi connectivity index (χ1) is 13.1. The highest BCUT2D eigenvalue weighted by Crippen LogP contribution is 2.37. The molecule has 2 heterocycles. The molecule has 0 atom stereocenters. The van der Waals surface area contributed by atoms with E-state index in [-0.39, 0.29) is 12.2 Å². The van der Waals surface area contributed by atoms with Crippen LogP contribution >= 0.6 is 11.3 Å². The molecule has 7 nitrogen and oxygen atoms in total. The van der Waals surface area contributed by atoms with Gasteiger partial charge in [0.15, 0.2) is 12.4 Å². The summed E-state index contributed by atoms with van der Waals surface area (Å²) >= 11 is 1.66. The van der Waals surface area contributed by atoms with Crippen LogP contribution in [-0.2, 0) is 24.2 Å². The fraction of sp³-hybridized carbons (Fsp3) is 0.316. The van der Waals surface area contributed by atoms with Crippen molar-refractivity contribution >= 4 is 39.0 Å². The maximum Gasteiger partial charge on any atom is 0.340 e. The summed E-state index contributed by atoms with van der Waals surface area (Å²) in [4.78, 5) is 23.4. The van der Waals surface area contributed by atoms with E-state index in [1.54, 1.807) is 29.5 Å². The molecule has 1 aromatic carbocycles. The number of esters is 1. The monoisotopic (exact) mass is 384 g/mol. The van der Waals surface area contributed by atoms with Crippen LogP contribution in [0.5, 0.6) is 5.75 Å². The average molecular weight is 384 g/mol. The molecule has 8 heteroatoms. The highest BCUT2D eigenvalue weighted by Gasteiger charge is 2.20. The predicted molar refractivity (Wildman–Crippen MR) is 105 cm³/mol. The summed E-state index contributed by atoms with van der Waals surface area (Å²) in [5, 5.41) is 0.962. The van der Waals surface area contributed by atoms with Crippen LogP contribution in [0.4, 0.5) is 11.5 Å². The summed E-state index contributed by atoms with van der Waals surface area (Å²) in [7, 11) is 1.53. The SMILES string of the molecule is COc1ccc(C(=O)OCc2nc(N)c3c4c(sc3n2)CCCC4)c(N)c1. The molecule has 1 aliphatic rings. The molecule has 0 saturated carbocycles. The van der Waals surface area contributed by atoms with Crippen molar-refractivity contribution in [1.82, 2.24) is 9.97 Å². The molecule has 140 valence electrons. The molecule has 4 N–H and O–H groups in total. The largest absolute Gasteiger partial charge is 0.497 e. The second-order valence-electron chi connectivity index (χ2n) is 6.45. The van der Waals surface area contributed by atoms with E-state index in [0.717, 1.165) is 23.1 Å². The van der Waals surface area contributed by atoms with Gasteiger partial charge in [0, 0.05) is 16.6 Å². The minimum atomic E-state index is -0.539. The molecule has 2 aromatic heterocycles. The van der Waals surface area contributed by atoms with Gasteiger partial charge in [-0.25, -0.2) is 14.8 Å². The lowest BCUT2D eigenvalue weighted by atomic mass is 9.97. The number of ether oxygens (including phenoxy) is 2. The highest BCUT2D eigenvalue weighted by molar-refractivity contribution is 7.19. The van der Waals surface area contributed by atoms with Crippen LogP contribution in [0.25, 0.3) is 10.2 Å². The zero-order valence-electron chi connectivity index (χ0n) is 14.9. The van der Waals surface area contributed by atoms with Gasteiger partial charge in [0.05, 0.1) is 18.1 Å². The van der Waals surface area contributed by atoms with Gasteiger partial charge in [-0.15, -0.1) is 11.3 Å². The lowest BCUT2D eigenvalue weighted by Crippen LogP contribution is -2.10. The first kappa shape index (κ1) is 17.5. The fourth-order valence-electron chi connectivity index (χ4n) is 3.36. The summed E-state index contributed by atoms with van der Waals surface area (Å²) in [6.45, 7) is -0.0625. The minimum absolute atomic E-state index is 0.0625. The quantitative estimate of drug-likeness (QED) is 0.525. The van der Waals surface area contributed by atoms with E-state index in [1.165, 1.54) is 30.4 Å². The van der Waals surface area contributed by atoms with Crippen molar-refractivity contribution < 1.29 is 14.3 Å². The molecule has 1 aliphatic carbocycles. The van der Waals surface area contributed by atoms with Crippen molar-refractivity contribution in [2.75, 3.05) is 18.6 Å². The zero-order valence-corrected chi connectivity index (χ0v) is 15.8. The van der Waals surface area contributed by atoms with E-state index in [1.807, 2.05) is 0 Å². The molecule has 0 spiro atoms. The molecule has 0 aliphatic heterocycles. The Kier molecular flexibility index (Phi) is 4.57. The van der Waals surface area contributed by atoms with Crippen LogP contribution in [0.15, 0.2) is 18.2 Å². The van der Waals surface area contributed by atoms with Gasteiger partial charge in [0.2, 0.25) is 0 Å². The van der Waals surface area contributed by atoms with Crippen molar-refractivity contribution in [3.63, 3.8) is 0 Å². The lowest BCUT2D eigenvalue weighted by Gasteiger charge is -2.11. The van der Waals surface area contributed by atoms with Gasteiger partial charge in [-0.1, -0.05) is 0 Å². The maximum atomic E-state index is 12.3. The van der Waals surface area contributed by atoms with Crippen molar-refractivity contribution in [1.29, 1.82) is 0 Å². The van der Waals surface area contributed by atoms with Gasteiger partial charge in [-0.05, 0) is 43.4 Å². The molecule has 0 bridgehead atoms. The predicted octanol–water partition coefficient (Wildman–Crippen LogP) is 3.10. The second kappa shape index (κ2) is 7.03. The van der Waals surface area contributed by atoms with Crippen LogP contribution in [-0.4, -0.2) is 23.0 Å². The minimum Gasteiger partial charge on any atom is -0.497 e. The summed E-state index contributed by atoms with van der Waals surface area (Å²) in [6, 6.07) is 4.80. The number of nitrogens with zero attached hydrogens (tertiary/aromatic N) is 2. The van der Waals surface area contributed by atoms with E-state index >= 15 is 0 Å². The topological polar surface area (TPSA) is 113 Å². The first-order valence-electron chi connectivity index (χ1n) is 8.74. The van der Waals surface area contributed by atoms with Crippen molar-refractivity contribution in [2.24, 2.45) is 0 Å². The molecule has 0 radical (unpaired) electrons. The lowest BCUT2D eigenvalue weighted by molar-refractivity contribution is 0.0464. The smallest absolute Gasteiger partial charge is 0.340 e. The number of aryl methyl sites for hydroxylation is 2. The van der Waals surface area contributed by atoms with Crippen LogP contribution in [0, 0.1) is 0 Å². The number of aromatic nitrogens is 2. The van der Waals surface area contributed by atoms with Gasteiger partial charge >= 0.3 is 5.97 Å². The Morgan fingerprint density at radius 1 is 1.22 bits per heavy atom. The Bertz CT molecular complexity index is 1030. The van der Waals surface area contributed by atoms with E-state index in [0.29, 0.717) is 23.1 Å². The molecule has 3 aromatic rings. The number of nitrogen functional groups attached to an aromatic ring is 2. The Labute approximate surface area is 160 Å². The average Bonchev–Trinajstić information content (AvgIpc) is 3.04. The van der Waals surface area contributed by atoms with Gasteiger partial charge < -0.3 is 20.9 Å². The van der Waals surface area contributed by atoms with Crippen LogP contribution in [0.1, 0.15) is 39.5 Å². The molecule has 4 rings (SSSR count). The van der Waals surface area contributed by atoms with Crippen LogP contribution < -0.4 is 16.2 Å². The standard InChI is InChI=1S/C19H20N4O3S/c1-25-10-6-7-11(13(20)8-10)19(24)26-9-15-22-17(21)16-12-4-2-3-5-14(12)27-18(16)23-15/h6-8H,2-5,9,20H2,1H3,(H2,21,22,23). The molecule has 27 heavy (non-hydrogen) atoms. The molecular weight excluding hydrogens is 364 g/mol. The van der Waals surface area contributed by atoms with E-state index in [4.69, 9.17) is 20.9 Å². The van der Waals surface area contributed by atoms with Gasteiger partial charge in [-0.3, -0.25) is 0 Å². The number of hydrogen-bond acceptors (Lipinski definition) is 8. The number of benzene rings is 1. The fourth-order valence-corrected chi connectivity index (χ4v) is 4.65. The number of hydrogen-bond donors (Lipinski definition) is 2. The Hall–Kier alpha value is -2.87. The molecule has 0 amide bonds. The van der Waals surface area contributed by atoms with Gasteiger partial charge in [0.1, 0.15) is 16.4 Å². The second-order valence-corrected chi connectivity index (χ2v) is 7.53. The summed E-state index contributed by atoms with van der Waals surface area (Å²) in [5.74, 6) is 0.878. The number of carbonyl (C=O) groups is 1. The van der Waals surface area contributed by atoms with Crippen LogP contribution in [0.3, 0.4) is 0 Å². The number of methoxy groups -OCH3 is 1. The van der Waals surface area contributed by atoms with E-state index in [2.05, 4.69) is 9.97 Å². The van der Waals surface area contributed by atoms with E-state index in [9.17, 15) is 4.79 Å². The normalized spacial score (nSPS) is 13.4. The molecular formula is C19H20N4O3S. The first-order valence-corrected chi connectivity index (χ1v) is 9.55. The number of fused-ring (bicyclic) bond motifs is 3. The molecule has 0 saturated heterocycles. The third-order valence-electron chi connectivity index (χ3n) is 4.70. The van der Waals surface area contributed by atoms with Crippen molar-refractivity contribution in [2.45, 2.75) is 32.3 Å². The number of rotatable bonds is 4. The summed E-state index contributed by atoms with van der Waals surface area (Å²) < 4.78 is 10.4. The van der Waals surface area contributed by atoms with Gasteiger partial charge in [0.25, 0.3) is 0 Å².